The Morgan fingerprint density at radius 1 is 1.20 bits per heavy atom. The molecular weight excluding hydrogens is 453 g/mol. The average molecular weight is 484 g/mol. The molecule has 0 atom stereocenters. The Hall–Kier alpha value is -3.56. The number of halogens is 1. The van der Waals surface area contributed by atoms with Crippen molar-refractivity contribution >= 4 is 23.5 Å². The lowest BCUT2D eigenvalue weighted by Gasteiger charge is -2.34. The second kappa shape index (κ2) is 9.97. The number of nitrogens with zero attached hydrogens (tertiary/aromatic N) is 3. The van der Waals surface area contributed by atoms with Gasteiger partial charge in [-0.3, -0.25) is 9.59 Å². The van der Waals surface area contributed by atoms with E-state index in [-0.39, 0.29) is 23.3 Å². The molecule has 0 radical (unpaired) electrons. The fraction of sp³-hybridized carbons (Fsp3) is 0.480. The van der Waals surface area contributed by atoms with Crippen molar-refractivity contribution in [2.75, 3.05) is 31.6 Å². The molecule has 1 aliphatic heterocycles. The fourth-order valence-electron chi connectivity index (χ4n) is 4.49. The van der Waals surface area contributed by atoms with E-state index in [1.807, 2.05) is 4.90 Å². The van der Waals surface area contributed by atoms with Crippen molar-refractivity contribution < 1.29 is 23.5 Å². The SMILES string of the molecule is COC(=O)c1c(F)cccc1N1CCC(CNC(=O)C2(NC(=O)c3cnc(C)nc3C)CC2)CC1. The molecular formula is C25H30FN5O4. The topological polar surface area (TPSA) is 114 Å². The fourth-order valence-corrected chi connectivity index (χ4v) is 4.49. The molecule has 1 aliphatic carbocycles. The lowest BCUT2D eigenvalue weighted by atomic mass is 9.95. The van der Waals surface area contributed by atoms with E-state index in [0.29, 0.717) is 55.2 Å². The van der Waals surface area contributed by atoms with Gasteiger partial charge in [-0.15, -0.1) is 0 Å². The number of rotatable bonds is 7. The molecule has 10 heteroatoms. The zero-order valence-corrected chi connectivity index (χ0v) is 20.2. The van der Waals surface area contributed by atoms with Gasteiger partial charge in [-0.2, -0.15) is 0 Å². The van der Waals surface area contributed by atoms with E-state index in [9.17, 15) is 18.8 Å². The van der Waals surface area contributed by atoms with E-state index < -0.39 is 17.3 Å². The molecule has 2 fully saturated rings. The molecule has 2 N–H and O–H groups in total. The molecule has 1 aromatic heterocycles. The molecule has 0 spiro atoms. The Labute approximate surface area is 203 Å². The number of benzene rings is 1. The summed E-state index contributed by atoms with van der Waals surface area (Å²) < 4.78 is 19.0. The van der Waals surface area contributed by atoms with Gasteiger partial charge < -0.3 is 20.3 Å². The quantitative estimate of drug-likeness (QED) is 0.581. The van der Waals surface area contributed by atoms with E-state index in [1.165, 1.54) is 19.4 Å². The third-order valence-electron chi connectivity index (χ3n) is 6.77. The first-order valence-corrected chi connectivity index (χ1v) is 11.8. The smallest absolute Gasteiger partial charge is 0.342 e. The van der Waals surface area contributed by atoms with Gasteiger partial charge in [-0.25, -0.2) is 19.2 Å². The zero-order chi connectivity index (χ0) is 25.2. The molecule has 1 saturated carbocycles. The molecule has 2 amide bonds. The molecule has 4 rings (SSSR count). The Morgan fingerprint density at radius 3 is 2.54 bits per heavy atom. The summed E-state index contributed by atoms with van der Waals surface area (Å²) in [6, 6.07) is 4.55. The van der Waals surface area contributed by atoms with E-state index in [1.54, 1.807) is 26.0 Å². The van der Waals surface area contributed by atoms with E-state index >= 15 is 0 Å². The van der Waals surface area contributed by atoms with Gasteiger partial charge in [0.15, 0.2) is 0 Å². The summed E-state index contributed by atoms with van der Waals surface area (Å²) in [5.41, 5.74) is 0.528. The van der Waals surface area contributed by atoms with Gasteiger partial charge in [0.1, 0.15) is 22.7 Å². The third kappa shape index (κ3) is 5.26. The lowest BCUT2D eigenvalue weighted by Crippen LogP contribution is -2.50. The highest BCUT2D eigenvalue weighted by Gasteiger charge is 2.51. The van der Waals surface area contributed by atoms with Gasteiger partial charge in [0.25, 0.3) is 5.91 Å². The monoisotopic (exact) mass is 483 g/mol. The molecule has 1 aromatic carbocycles. The van der Waals surface area contributed by atoms with Crippen LogP contribution in [0.2, 0.25) is 0 Å². The number of hydrogen-bond donors (Lipinski definition) is 2. The minimum absolute atomic E-state index is 0.0533. The Bertz CT molecular complexity index is 1140. The molecule has 2 heterocycles. The first kappa shape index (κ1) is 24.6. The number of esters is 1. The maximum Gasteiger partial charge on any atom is 0.342 e. The van der Waals surface area contributed by atoms with E-state index in [0.717, 1.165) is 12.8 Å². The molecule has 2 aliphatic rings. The van der Waals surface area contributed by atoms with Crippen molar-refractivity contribution in [2.45, 2.75) is 45.1 Å². The highest BCUT2D eigenvalue weighted by atomic mass is 19.1. The lowest BCUT2D eigenvalue weighted by molar-refractivity contribution is -0.124. The number of methoxy groups -OCH3 is 1. The van der Waals surface area contributed by atoms with Crippen molar-refractivity contribution in [1.82, 2.24) is 20.6 Å². The van der Waals surface area contributed by atoms with Gasteiger partial charge >= 0.3 is 5.97 Å². The summed E-state index contributed by atoms with van der Waals surface area (Å²) >= 11 is 0. The summed E-state index contributed by atoms with van der Waals surface area (Å²) in [7, 11) is 1.23. The maximum absolute atomic E-state index is 14.3. The summed E-state index contributed by atoms with van der Waals surface area (Å²) in [6.45, 7) is 5.24. The number of aromatic nitrogens is 2. The van der Waals surface area contributed by atoms with Gasteiger partial charge in [0, 0.05) is 25.8 Å². The Balaban J connectivity index is 1.30. The van der Waals surface area contributed by atoms with Crippen LogP contribution in [-0.2, 0) is 9.53 Å². The van der Waals surface area contributed by atoms with Gasteiger partial charge in [0.2, 0.25) is 5.91 Å². The number of ether oxygens (including phenoxy) is 1. The van der Waals surface area contributed by atoms with E-state index in [2.05, 4.69) is 20.6 Å². The first-order valence-electron chi connectivity index (χ1n) is 11.8. The number of carbonyl (C=O) groups excluding carboxylic acids is 3. The van der Waals surface area contributed by atoms with Crippen LogP contribution in [0.1, 0.15) is 57.9 Å². The van der Waals surface area contributed by atoms with Crippen molar-refractivity contribution in [2.24, 2.45) is 5.92 Å². The van der Waals surface area contributed by atoms with Crippen LogP contribution in [-0.4, -0.2) is 60.0 Å². The number of amides is 2. The molecule has 0 unspecified atom stereocenters. The number of anilines is 1. The minimum Gasteiger partial charge on any atom is -0.465 e. The highest BCUT2D eigenvalue weighted by Crippen LogP contribution is 2.36. The summed E-state index contributed by atoms with van der Waals surface area (Å²) in [6.07, 6.45) is 4.21. The second-order valence-electron chi connectivity index (χ2n) is 9.22. The number of piperidine rings is 1. The normalized spacial score (nSPS) is 17.0. The van der Waals surface area contributed by atoms with Crippen LogP contribution >= 0.6 is 0 Å². The number of carbonyl (C=O) groups is 3. The predicted octanol–water partition coefficient (Wildman–Crippen LogP) is 2.31. The Morgan fingerprint density at radius 2 is 1.91 bits per heavy atom. The van der Waals surface area contributed by atoms with E-state index in [4.69, 9.17) is 4.74 Å². The van der Waals surface area contributed by atoms with Gasteiger partial charge in [-0.1, -0.05) is 6.07 Å². The van der Waals surface area contributed by atoms with Crippen LogP contribution in [0.5, 0.6) is 0 Å². The van der Waals surface area contributed by atoms with Crippen LogP contribution in [0.15, 0.2) is 24.4 Å². The largest absolute Gasteiger partial charge is 0.465 e. The molecule has 1 saturated heterocycles. The highest BCUT2D eigenvalue weighted by molar-refractivity contribution is 6.01. The number of hydrogen-bond acceptors (Lipinski definition) is 7. The maximum atomic E-state index is 14.3. The van der Waals surface area contributed by atoms with Crippen LogP contribution in [0.3, 0.4) is 0 Å². The molecule has 0 bridgehead atoms. The van der Waals surface area contributed by atoms with Crippen molar-refractivity contribution in [3.05, 3.63) is 52.9 Å². The number of nitrogens with one attached hydrogen (secondary N) is 2. The van der Waals surface area contributed by atoms with Gasteiger partial charge in [0.05, 0.1) is 24.1 Å². The first-order chi connectivity index (χ1) is 16.7. The average Bonchev–Trinajstić information content (AvgIpc) is 3.62. The van der Waals surface area contributed by atoms with Crippen molar-refractivity contribution in [3.63, 3.8) is 0 Å². The molecule has 186 valence electrons. The summed E-state index contributed by atoms with van der Waals surface area (Å²) in [5.74, 6) is -1.01. The zero-order valence-electron chi connectivity index (χ0n) is 20.2. The standard InChI is InChI=1S/C25H30FN5O4/c1-15-18(14-27-16(2)29-15)22(32)30-25(9-10-25)24(34)28-13-17-7-11-31(12-8-17)20-6-4-5-19(26)21(20)23(33)35-3/h4-6,14,17H,7-13H2,1-3H3,(H,28,34)(H,30,32). The summed E-state index contributed by atoms with van der Waals surface area (Å²) in [5, 5.41) is 5.87. The van der Waals surface area contributed by atoms with Crippen LogP contribution in [0, 0.1) is 25.6 Å². The third-order valence-corrected chi connectivity index (χ3v) is 6.77. The predicted molar refractivity (Wildman–Crippen MR) is 127 cm³/mol. The van der Waals surface area contributed by atoms with Crippen LogP contribution in [0.4, 0.5) is 10.1 Å². The van der Waals surface area contributed by atoms with Crippen molar-refractivity contribution in [1.29, 1.82) is 0 Å². The number of aryl methyl sites for hydroxylation is 2. The van der Waals surface area contributed by atoms with Gasteiger partial charge in [-0.05, 0) is 57.6 Å². The summed E-state index contributed by atoms with van der Waals surface area (Å²) in [4.78, 5) is 47.9. The van der Waals surface area contributed by atoms with Crippen LogP contribution < -0.4 is 15.5 Å². The van der Waals surface area contributed by atoms with Crippen LogP contribution in [0.25, 0.3) is 0 Å². The Kier molecular flexibility index (Phi) is 7.00. The molecule has 9 nitrogen and oxygen atoms in total. The molecule has 35 heavy (non-hydrogen) atoms. The molecule has 2 aromatic rings. The minimum atomic E-state index is -0.883. The second-order valence-corrected chi connectivity index (χ2v) is 9.22. The van der Waals surface area contributed by atoms with Crippen molar-refractivity contribution in [3.8, 4) is 0 Å².